The van der Waals surface area contributed by atoms with Crippen LogP contribution in [0.3, 0.4) is 0 Å². The van der Waals surface area contributed by atoms with E-state index in [0.29, 0.717) is 38.2 Å². The van der Waals surface area contributed by atoms with Gasteiger partial charge >= 0.3 is 0 Å². The van der Waals surface area contributed by atoms with Gasteiger partial charge in [0, 0.05) is 23.4 Å². The predicted molar refractivity (Wildman–Crippen MR) is 121 cm³/mol. The van der Waals surface area contributed by atoms with E-state index >= 15 is 0 Å². The van der Waals surface area contributed by atoms with Gasteiger partial charge in [-0.25, -0.2) is 14.4 Å². The van der Waals surface area contributed by atoms with Crippen LogP contribution in [0, 0.1) is 5.82 Å². The first-order valence-corrected chi connectivity index (χ1v) is 11.3. The fourth-order valence-corrected chi connectivity index (χ4v) is 4.98. The molecule has 0 aliphatic rings. The van der Waals surface area contributed by atoms with Crippen molar-refractivity contribution >= 4 is 50.6 Å². The minimum Gasteiger partial charge on any atom is -0.269 e. The molecule has 0 bridgehead atoms. The minimum atomic E-state index is -0.574. The summed E-state index contributed by atoms with van der Waals surface area (Å²) in [5.41, 5.74) is 1.05. The van der Waals surface area contributed by atoms with Crippen molar-refractivity contribution in [3.63, 3.8) is 0 Å². The minimum absolute atomic E-state index is 0.0913. The summed E-state index contributed by atoms with van der Waals surface area (Å²) in [7, 11) is 0. The molecule has 0 radical (unpaired) electrons. The molecule has 3 aromatic heterocycles. The number of hydrogen-bond acceptors (Lipinski definition) is 6. The summed E-state index contributed by atoms with van der Waals surface area (Å²) in [5, 5.41) is 2.52. The molecule has 0 saturated heterocycles. The molecule has 154 valence electrons. The van der Waals surface area contributed by atoms with E-state index in [1.165, 1.54) is 56.3 Å². The lowest BCUT2D eigenvalue weighted by atomic mass is 10.2. The van der Waals surface area contributed by atoms with Crippen LogP contribution in [0.2, 0.25) is 5.02 Å². The van der Waals surface area contributed by atoms with E-state index in [4.69, 9.17) is 11.6 Å². The van der Waals surface area contributed by atoms with Crippen LogP contribution in [0.25, 0.3) is 21.6 Å². The molecule has 0 fully saturated rings. The SMILES string of the molecule is O=c1c2ccccc2nc(SCc2cc(=O)n3ccsc3n2)n1-c1ccc(F)c(Cl)c1. The molecule has 0 spiro atoms. The van der Waals surface area contributed by atoms with Gasteiger partial charge in [0.05, 0.1) is 27.3 Å². The normalized spacial score (nSPS) is 11.4. The lowest BCUT2D eigenvalue weighted by Gasteiger charge is -2.13. The Hall–Kier alpha value is -3.01. The van der Waals surface area contributed by atoms with E-state index in [1.54, 1.807) is 35.8 Å². The molecule has 5 aromatic rings. The Labute approximate surface area is 187 Å². The summed E-state index contributed by atoms with van der Waals surface area (Å²) in [6.45, 7) is 0. The number of fused-ring (bicyclic) bond motifs is 2. The highest BCUT2D eigenvalue weighted by molar-refractivity contribution is 7.98. The van der Waals surface area contributed by atoms with E-state index in [9.17, 15) is 14.0 Å². The highest BCUT2D eigenvalue weighted by atomic mass is 35.5. The zero-order chi connectivity index (χ0) is 21.5. The van der Waals surface area contributed by atoms with Crippen LogP contribution in [0.5, 0.6) is 0 Å². The van der Waals surface area contributed by atoms with Crippen LogP contribution < -0.4 is 11.1 Å². The molecule has 3 heterocycles. The Balaban J connectivity index is 1.63. The van der Waals surface area contributed by atoms with Crippen molar-refractivity contribution in [1.29, 1.82) is 0 Å². The van der Waals surface area contributed by atoms with Crippen molar-refractivity contribution in [3.05, 3.63) is 97.3 Å². The summed E-state index contributed by atoms with van der Waals surface area (Å²) in [4.78, 5) is 35.2. The predicted octanol–water partition coefficient (Wildman–Crippen LogP) is 4.54. The largest absolute Gasteiger partial charge is 0.269 e. The lowest BCUT2D eigenvalue weighted by Crippen LogP contribution is -2.22. The third kappa shape index (κ3) is 3.65. The van der Waals surface area contributed by atoms with Gasteiger partial charge in [0.2, 0.25) is 0 Å². The Morgan fingerprint density at radius 3 is 2.77 bits per heavy atom. The Morgan fingerprint density at radius 2 is 1.94 bits per heavy atom. The maximum Gasteiger partial charge on any atom is 0.266 e. The van der Waals surface area contributed by atoms with Crippen molar-refractivity contribution in [2.24, 2.45) is 0 Å². The van der Waals surface area contributed by atoms with E-state index in [2.05, 4.69) is 9.97 Å². The van der Waals surface area contributed by atoms with E-state index in [1.807, 2.05) is 0 Å². The van der Waals surface area contributed by atoms with Gasteiger partial charge in [0.15, 0.2) is 10.1 Å². The number of rotatable bonds is 4. The van der Waals surface area contributed by atoms with Crippen molar-refractivity contribution in [3.8, 4) is 5.69 Å². The van der Waals surface area contributed by atoms with Crippen LogP contribution in [0.1, 0.15) is 5.69 Å². The van der Waals surface area contributed by atoms with Crippen LogP contribution in [-0.4, -0.2) is 18.9 Å². The first kappa shape index (κ1) is 19.9. The number of thiazole rings is 1. The van der Waals surface area contributed by atoms with Crippen molar-refractivity contribution in [1.82, 2.24) is 18.9 Å². The second-order valence-corrected chi connectivity index (χ2v) is 8.80. The van der Waals surface area contributed by atoms with Crippen LogP contribution >= 0.6 is 34.7 Å². The lowest BCUT2D eigenvalue weighted by molar-refractivity contribution is 0.627. The maximum atomic E-state index is 13.7. The smallest absolute Gasteiger partial charge is 0.266 e. The molecule has 5 rings (SSSR count). The number of halogens is 2. The molecule has 2 aromatic carbocycles. The number of thioether (sulfide) groups is 1. The third-order valence-corrected chi connectivity index (χ3v) is 6.63. The monoisotopic (exact) mass is 470 g/mol. The molecule has 0 aliphatic carbocycles. The molecule has 0 atom stereocenters. The quantitative estimate of drug-likeness (QED) is 0.285. The number of benzene rings is 2. The second kappa shape index (κ2) is 7.92. The first-order chi connectivity index (χ1) is 15.0. The van der Waals surface area contributed by atoms with Gasteiger partial charge in [-0.3, -0.25) is 18.6 Å². The Bertz CT molecular complexity index is 1580. The first-order valence-electron chi connectivity index (χ1n) is 9.07. The average Bonchev–Trinajstić information content (AvgIpc) is 3.24. The van der Waals surface area contributed by atoms with E-state index in [0.717, 1.165) is 0 Å². The second-order valence-electron chi connectivity index (χ2n) is 6.58. The third-order valence-electron chi connectivity index (χ3n) is 4.61. The van der Waals surface area contributed by atoms with Gasteiger partial charge in [-0.1, -0.05) is 35.5 Å². The number of aromatic nitrogens is 4. The molecule has 10 heteroatoms. The molecule has 0 unspecified atom stereocenters. The highest BCUT2D eigenvalue weighted by Gasteiger charge is 2.15. The van der Waals surface area contributed by atoms with Crippen molar-refractivity contribution in [2.45, 2.75) is 10.9 Å². The van der Waals surface area contributed by atoms with Gasteiger partial charge in [0.25, 0.3) is 11.1 Å². The summed E-state index contributed by atoms with van der Waals surface area (Å²) in [6, 6.07) is 12.5. The van der Waals surface area contributed by atoms with Gasteiger partial charge in [-0.2, -0.15) is 0 Å². The topological polar surface area (TPSA) is 69.3 Å². The molecule has 0 amide bonds. The van der Waals surface area contributed by atoms with E-state index < -0.39 is 5.82 Å². The van der Waals surface area contributed by atoms with Crippen LogP contribution in [0.15, 0.2) is 74.9 Å². The zero-order valence-electron chi connectivity index (χ0n) is 15.7. The Kier molecular flexibility index (Phi) is 5.09. The van der Waals surface area contributed by atoms with Gasteiger partial charge in [0.1, 0.15) is 5.82 Å². The fourth-order valence-electron chi connectivity index (χ4n) is 3.16. The summed E-state index contributed by atoms with van der Waals surface area (Å²) < 4.78 is 16.6. The number of nitrogens with zero attached hydrogens (tertiary/aromatic N) is 4. The Morgan fingerprint density at radius 1 is 1.10 bits per heavy atom. The molecular formula is C21H12ClFN4O2S2. The maximum absolute atomic E-state index is 13.7. The summed E-state index contributed by atoms with van der Waals surface area (Å²) >= 11 is 8.59. The molecule has 0 saturated carbocycles. The van der Waals surface area contributed by atoms with Crippen LogP contribution in [0.4, 0.5) is 4.39 Å². The van der Waals surface area contributed by atoms with Gasteiger partial charge in [-0.15, -0.1) is 11.3 Å². The average molecular weight is 471 g/mol. The van der Waals surface area contributed by atoms with Crippen molar-refractivity contribution in [2.75, 3.05) is 0 Å². The summed E-state index contributed by atoms with van der Waals surface area (Å²) in [6.07, 6.45) is 1.67. The highest BCUT2D eigenvalue weighted by Crippen LogP contribution is 2.26. The number of hydrogen-bond donors (Lipinski definition) is 0. The number of para-hydroxylation sites is 1. The molecule has 31 heavy (non-hydrogen) atoms. The zero-order valence-corrected chi connectivity index (χ0v) is 18.0. The summed E-state index contributed by atoms with van der Waals surface area (Å²) in [5.74, 6) is -0.251. The molecule has 6 nitrogen and oxygen atoms in total. The standard InChI is InChI=1S/C21H12ClFN4O2S2/c22-15-10-13(5-6-16(15)23)27-19(29)14-3-1-2-4-17(14)25-21(27)31-11-12-9-18(28)26-7-8-30-20(26)24-12/h1-10H,11H2. The van der Waals surface area contributed by atoms with Crippen molar-refractivity contribution < 1.29 is 4.39 Å². The van der Waals surface area contributed by atoms with Crippen LogP contribution in [-0.2, 0) is 5.75 Å². The molecule has 0 N–H and O–H groups in total. The molecule has 0 aliphatic heterocycles. The fraction of sp³-hybridized carbons (Fsp3) is 0.0476. The van der Waals surface area contributed by atoms with Gasteiger partial charge in [-0.05, 0) is 30.3 Å². The van der Waals surface area contributed by atoms with Gasteiger partial charge < -0.3 is 0 Å². The van der Waals surface area contributed by atoms with E-state index in [-0.39, 0.29) is 16.1 Å². The molecular weight excluding hydrogens is 459 g/mol.